The first-order chi connectivity index (χ1) is 17.6. The number of ether oxygens (including phenoxy) is 2. The zero-order chi connectivity index (χ0) is 25.3. The minimum absolute atomic E-state index is 0.0294. The summed E-state index contributed by atoms with van der Waals surface area (Å²) in [6.45, 7) is 2.26. The van der Waals surface area contributed by atoms with Crippen LogP contribution < -0.4 is 19.5 Å². The maximum Gasteiger partial charge on any atom is 0.342 e. The van der Waals surface area contributed by atoms with E-state index in [4.69, 9.17) is 9.47 Å². The smallest absolute Gasteiger partial charge is 0.342 e. The summed E-state index contributed by atoms with van der Waals surface area (Å²) in [6, 6.07) is 22.5. The number of benzene rings is 3. The number of methoxy groups -OCH3 is 1. The third kappa shape index (κ3) is 5.84. The first-order valence-corrected chi connectivity index (χ1v) is 12.2. The largest absolute Gasteiger partial charge is 0.504 e. The van der Waals surface area contributed by atoms with E-state index >= 15 is 0 Å². The van der Waals surface area contributed by atoms with Crippen LogP contribution in [0.4, 0.5) is 0 Å². The van der Waals surface area contributed by atoms with Gasteiger partial charge in [0.1, 0.15) is 11.4 Å². The van der Waals surface area contributed by atoms with Gasteiger partial charge in [0.2, 0.25) is 0 Å². The van der Waals surface area contributed by atoms with Gasteiger partial charge in [-0.1, -0.05) is 24.3 Å². The molecule has 0 saturated carbocycles. The Morgan fingerprint density at radius 1 is 1.14 bits per heavy atom. The molecule has 0 radical (unpaired) electrons. The highest BCUT2D eigenvalue weighted by atomic mass is 32.2. The van der Waals surface area contributed by atoms with Crippen LogP contribution >= 0.6 is 11.8 Å². The molecule has 1 amide bonds. The fraction of sp³-hybridized carbons (Fsp3) is 0.154. The van der Waals surface area contributed by atoms with Gasteiger partial charge in [0.05, 0.1) is 36.3 Å². The molecule has 0 spiro atoms. The van der Waals surface area contributed by atoms with Crippen molar-refractivity contribution in [2.45, 2.75) is 12.1 Å². The Morgan fingerprint density at radius 3 is 2.64 bits per heavy atom. The van der Waals surface area contributed by atoms with Gasteiger partial charge in [0.25, 0.3) is 11.7 Å². The van der Waals surface area contributed by atoms with Gasteiger partial charge >= 0.3 is 5.16 Å². The molecule has 4 aromatic rings. The molecule has 1 heterocycles. The molecule has 0 aliphatic rings. The number of hydrogen-bond donors (Lipinski definition) is 3. The van der Waals surface area contributed by atoms with E-state index in [0.29, 0.717) is 23.1 Å². The summed E-state index contributed by atoms with van der Waals surface area (Å²) in [7, 11) is 1.62. The van der Waals surface area contributed by atoms with Crippen molar-refractivity contribution < 1.29 is 23.9 Å². The summed E-state index contributed by atoms with van der Waals surface area (Å²) < 4.78 is 12.6. The predicted molar refractivity (Wildman–Crippen MR) is 138 cm³/mol. The zero-order valence-electron chi connectivity index (χ0n) is 19.8. The van der Waals surface area contributed by atoms with E-state index in [-0.39, 0.29) is 17.4 Å². The van der Waals surface area contributed by atoms with E-state index in [1.54, 1.807) is 25.3 Å². The second kappa shape index (κ2) is 11.9. The number of rotatable bonds is 10. The van der Waals surface area contributed by atoms with Crippen LogP contribution in [0.3, 0.4) is 0 Å². The fourth-order valence-electron chi connectivity index (χ4n) is 3.40. The number of nitrogens with zero attached hydrogens (tertiary/aromatic N) is 3. The quantitative estimate of drug-likeness (QED) is 0.131. The number of hydrazone groups is 1. The Labute approximate surface area is 212 Å². The third-order valence-electron chi connectivity index (χ3n) is 5.11. The van der Waals surface area contributed by atoms with Gasteiger partial charge in [0, 0.05) is 5.56 Å². The number of aromatic hydroxyl groups is 1. The molecule has 1 aromatic heterocycles. The van der Waals surface area contributed by atoms with Gasteiger partial charge in [-0.25, -0.2) is 5.43 Å². The second-order valence-electron chi connectivity index (χ2n) is 7.46. The highest BCUT2D eigenvalue weighted by Crippen LogP contribution is 2.28. The first-order valence-electron chi connectivity index (χ1n) is 11.2. The Morgan fingerprint density at radius 2 is 1.92 bits per heavy atom. The molecule has 0 saturated heterocycles. The normalized spacial score (nSPS) is 10.9. The lowest BCUT2D eigenvalue weighted by Gasteiger charge is -2.07. The lowest BCUT2D eigenvalue weighted by atomic mass is 10.2. The Balaban J connectivity index is 1.47. The third-order valence-corrected chi connectivity index (χ3v) is 6.04. The van der Waals surface area contributed by atoms with E-state index in [2.05, 4.69) is 20.7 Å². The number of hydrogen-bond acceptors (Lipinski definition) is 7. The van der Waals surface area contributed by atoms with Gasteiger partial charge in [-0.15, -0.1) is 5.10 Å². The van der Waals surface area contributed by atoms with Crippen LogP contribution in [0.5, 0.6) is 17.2 Å². The van der Waals surface area contributed by atoms with Gasteiger partial charge in [-0.3, -0.25) is 4.79 Å². The molecule has 36 heavy (non-hydrogen) atoms. The minimum Gasteiger partial charge on any atom is -0.504 e. The SMILES string of the molecule is CCOc1cccc(/C=N\NC(=O)CSc2n[nH]c(-c3ccc(OC)cc3)[n+]2-c2ccccc2)c1O. The Hall–Kier alpha value is -4.31. The van der Waals surface area contributed by atoms with E-state index < -0.39 is 0 Å². The number of thioether (sulfide) groups is 1. The average Bonchev–Trinajstić information content (AvgIpc) is 3.34. The molecule has 0 bridgehead atoms. The summed E-state index contributed by atoms with van der Waals surface area (Å²) in [4.78, 5) is 12.5. The van der Waals surface area contributed by atoms with Gasteiger partial charge in [-0.05, 0) is 67.2 Å². The van der Waals surface area contributed by atoms with E-state index in [1.807, 2.05) is 66.1 Å². The molecule has 3 aromatic carbocycles. The van der Waals surface area contributed by atoms with Crippen molar-refractivity contribution in [3.63, 3.8) is 0 Å². The number of carbonyl (C=O) groups is 1. The predicted octanol–water partition coefficient (Wildman–Crippen LogP) is 3.71. The maximum atomic E-state index is 12.5. The first kappa shape index (κ1) is 24.8. The molecule has 0 fully saturated rings. The number of phenols is 1. The lowest BCUT2D eigenvalue weighted by molar-refractivity contribution is -0.625. The highest BCUT2D eigenvalue weighted by molar-refractivity contribution is 7.99. The van der Waals surface area contributed by atoms with Crippen LogP contribution in [0.1, 0.15) is 12.5 Å². The number of carbonyl (C=O) groups excluding carboxylic acids is 1. The van der Waals surface area contributed by atoms with Gasteiger partial charge < -0.3 is 14.6 Å². The molecule has 0 unspecified atom stereocenters. The molecule has 184 valence electrons. The van der Waals surface area contributed by atoms with Gasteiger partial charge in [0.15, 0.2) is 11.5 Å². The highest BCUT2D eigenvalue weighted by Gasteiger charge is 2.24. The average molecular weight is 505 g/mol. The van der Waals surface area contributed by atoms with Crippen molar-refractivity contribution in [3.05, 3.63) is 78.4 Å². The number of nitrogens with one attached hydrogen (secondary N) is 2. The van der Waals surface area contributed by atoms with E-state index in [0.717, 1.165) is 22.8 Å². The number of para-hydroxylation sites is 2. The fourth-order valence-corrected chi connectivity index (χ4v) is 4.16. The molecule has 0 aliphatic carbocycles. The summed E-state index contributed by atoms with van der Waals surface area (Å²) in [5.74, 6) is 1.63. The molecule has 4 rings (SSSR count). The van der Waals surface area contributed by atoms with Crippen LogP contribution in [-0.2, 0) is 4.79 Å². The molecular formula is C26H26N5O4S+. The Bertz CT molecular complexity index is 1340. The van der Waals surface area contributed by atoms with Crippen LogP contribution in [0, 0.1) is 0 Å². The molecular weight excluding hydrogens is 478 g/mol. The van der Waals surface area contributed by atoms with Crippen molar-refractivity contribution in [2.75, 3.05) is 19.5 Å². The van der Waals surface area contributed by atoms with E-state index in [9.17, 15) is 9.90 Å². The van der Waals surface area contributed by atoms with Crippen molar-refractivity contribution in [1.82, 2.24) is 15.6 Å². The molecule has 3 N–H and O–H groups in total. The second-order valence-corrected chi connectivity index (χ2v) is 8.41. The lowest BCUT2D eigenvalue weighted by Crippen LogP contribution is -2.34. The topological polar surface area (TPSA) is 113 Å². The maximum absolute atomic E-state index is 12.5. The van der Waals surface area contributed by atoms with Crippen molar-refractivity contribution in [3.8, 4) is 34.3 Å². The van der Waals surface area contributed by atoms with Gasteiger partial charge in [-0.2, -0.15) is 9.67 Å². The summed E-state index contributed by atoms with van der Waals surface area (Å²) >= 11 is 1.27. The molecule has 0 aliphatic heterocycles. The van der Waals surface area contributed by atoms with Crippen LogP contribution in [0.25, 0.3) is 17.1 Å². The zero-order valence-corrected chi connectivity index (χ0v) is 20.7. The molecule has 10 heteroatoms. The summed E-state index contributed by atoms with van der Waals surface area (Å²) in [5.41, 5.74) is 4.75. The van der Waals surface area contributed by atoms with Crippen molar-refractivity contribution in [1.29, 1.82) is 0 Å². The number of aromatic amines is 1. The number of amides is 1. The summed E-state index contributed by atoms with van der Waals surface area (Å²) in [5, 5.41) is 22.4. The number of phenolic OH excluding ortho intramolecular Hbond substituents is 1. The number of H-pyrrole nitrogens is 1. The van der Waals surface area contributed by atoms with Crippen LogP contribution in [0.2, 0.25) is 0 Å². The standard InChI is InChI=1S/C26H25N5O4S/c1-3-35-22-11-7-8-19(24(22)33)16-27-28-23(32)17-36-26-30-29-25(18-12-14-21(34-2)15-13-18)31(26)20-9-5-4-6-10-20/h4-16H,3,17H2,1-2H3,(H2,27,28,32,33)/p+1. The molecule has 0 atom stereocenters. The minimum atomic E-state index is -0.315. The van der Waals surface area contributed by atoms with Crippen molar-refractivity contribution >= 4 is 23.9 Å². The van der Waals surface area contributed by atoms with E-state index in [1.165, 1.54) is 18.0 Å². The molecule has 9 nitrogen and oxygen atoms in total. The van der Waals surface area contributed by atoms with Crippen LogP contribution in [0.15, 0.2) is 83.1 Å². The monoisotopic (exact) mass is 504 g/mol. The Kier molecular flexibility index (Phi) is 8.20. The summed E-state index contributed by atoms with van der Waals surface area (Å²) in [6.07, 6.45) is 1.38. The van der Waals surface area contributed by atoms with Crippen molar-refractivity contribution in [2.24, 2.45) is 5.10 Å². The number of aromatic nitrogens is 3. The van der Waals surface area contributed by atoms with Crippen LogP contribution in [-0.4, -0.2) is 46.9 Å².